The molecule has 0 heterocycles. The van der Waals surface area contributed by atoms with Gasteiger partial charge in [0.05, 0.1) is 11.5 Å². The highest BCUT2D eigenvalue weighted by Crippen LogP contribution is 2.32. The Morgan fingerprint density at radius 2 is 1.71 bits per heavy atom. The smallest absolute Gasteiger partial charge is 0.310 e. The standard InChI is InChI=1S/C13H25NO3/c1-12(2,11(16)17)13(3,4)14-9-7-5-6-8-10(9)15/h9-10,14-15H,5-8H2,1-4H3,(H,16,17). The van der Waals surface area contributed by atoms with Crippen molar-refractivity contribution in [3.63, 3.8) is 0 Å². The second kappa shape index (κ2) is 4.94. The van der Waals surface area contributed by atoms with Gasteiger partial charge in [-0.2, -0.15) is 0 Å². The average molecular weight is 243 g/mol. The molecule has 100 valence electrons. The van der Waals surface area contributed by atoms with E-state index in [2.05, 4.69) is 5.32 Å². The predicted octanol–water partition coefficient (Wildman–Crippen LogP) is 1.77. The third-order valence-corrected chi connectivity index (χ3v) is 4.37. The molecular weight excluding hydrogens is 218 g/mol. The molecule has 1 rings (SSSR count). The molecule has 0 aliphatic heterocycles. The molecule has 0 saturated heterocycles. The number of hydrogen-bond acceptors (Lipinski definition) is 3. The number of carbonyl (C=O) groups is 1. The summed E-state index contributed by atoms with van der Waals surface area (Å²) < 4.78 is 0. The van der Waals surface area contributed by atoms with Gasteiger partial charge in [0, 0.05) is 11.6 Å². The maximum Gasteiger partial charge on any atom is 0.310 e. The van der Waals surface area contributed by atoms with E-state index >= 15 is 0 Å². The van der Waals surface area contributed by atoms with Gasteiger partial charge >= 0.3 is 5.97 Å². The van der Waals surface area contributed by atoms with Crippen LogP contribution < -0.4 is 5.32 Å². The van der Waals surface area contributed by atoms with Crippen LogP contribution in [0.25, 0.3) is 0 Å². The second-order valence-electron chi connectivity index (χ2n) is 6.16. The van der Waals surface area contributed by atoms with Crippen molar-refractivity contribution in [2.45, 2.75) is 71.1 Å². The van der Waals surface area contributed by atoms with E-state index in [1.54, 1.807) is 13.8 Å². The van der Waals surface area contributed by atoms with E-state index in [4.69, 9.17) is 0 Å². The second-order valence-corrected chi connectivity index (χ2v) is 6.16. The zero-order valence-electron chi connectivity index (χ0n) is 11.3. The summed E-state index contributed by atoms with van der Waals surface area (Å²) in [6, 6.07) is 0.0115. The van der Waals surface area contributed by atoms with Gasteiger partial charge in [-0.15, -0.1) is 0 Å². The quantitative estimate of drug-likeness (QED) is 0.704. The van der Waals surface area contributed by atoms with Crippen LogP contribution in [0.15, 0.2) is 0 Å². The normalized spacial score (nSPS) is 26.9. The molecule has 0 radical (unpaired) electrons. The van der Waals surface area contributed by atoms with Crippen LogP contribution in [0.4, 0.5) is 0 Å². The van der Waals surface area contributed by atoms with Crippen LogP contribution >= 0.6 is 0 Å². The van der Waals surface area contributed by atoms with Crippen LogP contribution in [0.5, 0.6) is 0 Å². The first-order valence-corrected chi connectivity index (χ1v) is 6.37. The predicted molar refractivity (Wildman–Crippen MR) is 66.9 cm³/mol. The Bertz CT molecular complexity index is 286. The first-order valence-electron chi connectivity index (χ1n) is 6.37. The number of rotatable bonds is 4. The molecule has 4 heteroatoms. The Hall–Kier alpha value is -0.610. The van der Waals surface area contributed by atoms with Gasteiger partial charge in [0.2, 0.25) is 0 Å². The van der Waals surface area contributed by atoms with Crippen LogP contribution in [0.1, 0.15) is 53.4 Å². The highest BCUT2D eigenvalue weighted by Gasteiger charge is 2.45. The highest BCUT2D eigenvalue weighted by molar-refractivity contribution is 5.75. The van der Waals surface area contributed by atoms with E-state index in [0.717, 1.165) is 25.7 Å². The van der Waals surface area contributed by atoms with Crippen LogP contribution in [0, 0.1) is 5.41 Å². The summed E-state index contributed by atoms with van der Waals surface area (Å²) in [5, 5.41) is 22.5. The van der Waals surface area contributed by atoms with Gasteiger partial charge < -0.3 is 15.5 Å². The molecule has 0 aromatic carbocycles. The van der Waals surface area contributed by atoms with E-state index in [1.807, 2.05) is 13.8 Å². The van der Waals surface area contributed by atoms with Crippen LogP contribution in [-0.2, 0) is 4.79 Å². The molecule has 2 atom stereocenters. The number of aliphatic carboxylic acids is 1. The van der Waals surface area contributed by atoms with Crippen molar-refractivity contribution in [2.75, 3.05) is 0 Å². The molecule has 2 unspecified atom stereocenters. The van der Waals surface area contributed by atoms with E-state index in [1.165, 1.54) is 0 Å². The molecule has 0 spiro atoms. The summed E-state index contributed by atoms with van der Waals surface area (Å²) >= 11 is 0. The fourth-order valence-electron chi connectivity index (χ4n) is 2.19. The number of carboxylic acid groups (broad SMARTS) is 1. The minimum atomic E-state index is -0.871. The van der Waals surface area contributed by atoms with Gasteiger partial charge in [0.25, 0.3) is 0 Å². The lowest BCUT2D eigenvalue weighted by Crippen LogP contribution is -2.60. The summed E-state index contributed by atoms with van der Waals surface area (Å²) in [5.74, 6) is -0.819. The van der Waals surface area contributed by atoms with Gasteiger partial charge in [-0.25, -0.2) is 0 Å². The van der Waals surface area contributed by atoms with Crippen LogP contribution in [-0.4, -0.2) is 33.9 Å². The number of aliphatic hydroxyl groups is 1. The van der Waals surface area contributed by atoms with Crippen molar-refractivity contribution in [1.82, 2.24) is 5.32 Å². The Morgan fingerprint density at radius 3 is 2.18 bits per heavy atom. The van der Waals surface area contributed by atoms with E-state index in [0.29, 0.717) is 0 Å². The number of hydrogen-bond donors (Lipinski definition) is 3. The van der Waals surface area contributed by atoms with E-state index in [9.17, 15) is 15.0 Å². The molecule has 0 aromatic rings. The molecule has 0 bridgehead atoms. The summed E-state index contributed by atoms with van der Waals surface area (Å²) in [4.78, 5) is 11.3. The van der Waals surface area contributed by atoms with Gasteiger partial charge in [0.15, 0.2) is 0 Å². The lowest BCUT2D eigenvalue weighted by Gasteiger charge is -2.43. The van der Waals surface area contributed by atoms with Gasteiger partial charge in [-0.05, 0) is 40.5 Å². The first-order chi connectivity index (χ1) is 7.68. The molecule has 1 aliphatic rings. The van der Waals surface area contributed by atoms with Gasteiger partial charge in [-0.1, -0.05) is 12.8 Å². The van der Waals surface area contributed by atoms with E-state index < -0.39 is 16.9 Å². The minimum Gasteiger partial charge on any atom is -0.481 e. The van der Waals surface area contributed by atoms with Crippen molar-refractivity contribution >= 4 is 5.97 Å². The molecular formula is C13H25NO3. The van der Waals surface area contributed by atoms with E-state index in [-0.39, 0.29) is 12.1 Å². The molecule has 1 fully saturated rings. The Kier molecular flexibility index (Phi) is 4.20. The summed E-state index contributed by atoms with van der Waals surface area (Å²) in [6.45, 7) is 7.22. The van der Waals surface area contributed by atoms with Crippen molar-refractivity contribution in [2.24, 2.45) is 5.41 Å². The van der Waals surface area contributed by atoms with Crippen LogP contribution in [0.2, 0.25) is 0 Å². The van der Waals surface area contributed by atoms with Gasteiger partial charge in [-0.3, -0.25) is 4.79 Å². The maximum atomic E-state index is 11.3. The third kappa shape index (κ3) is 2.99. The Morgan fingerprint density at radius 1 is 1.18 bits per heavy atom. The Balaban J connectivity index is 2.74. The highest BCUT2D eigenvalue weighted by atomic mass is 16.4. The number of aliphatic hydroxyl groups excluding tert-OH is 1. The summed E-state index contributed by atoms with van der Waals surface area (Å²) in [5.41, 5.74) is -1.42. The van der Waals surface area contributed by atoms with Crippen molar-refractivity contribution in [3.8, 4) is 0 Å². The minimum absolute atomic E-state index is 0.0115. The summed E-state index contributed by atoms with van der Waals surface area (Å²) in [6.07, 6.45) is 3.52. The fourth-order valence-corrected chi connectivity index (χ4v) is 2.19. The SMILES string of the molecule is CC(C)(NC1CCCCC1O)C(C)(C)C(=O)O. The first kappa shape index (κ1) is 14.5. The zero-order chi connectivity index (χ0) is 13.3. The molecule has 1 saturated carbocycles. The average Bonchev–Trinajstić information content (AvgIpc) is 2.20. The monoisotopic (exact) mass is 243 g/mol. The largest absolute Gasteiger partial charge is 0.481 e. The molecule has 0 aromatic heterocycles. The van der Waals surface area contributed by atoms with Crippen molar-refractivity contribution in [1.29, 1.82) is 0 Å². The molecule has 0 amide bonds. The molecule has 1 aliphatic carbocycles. The molecule has 3 N–H and O–H groups in total. The number of carboxylic acids is 1. The zero-order valence-corrected chi connectivity index (χ0v) is 11.3. The van der Waals surface area contributed by atoms with Gasteiger partial charge in [0.1, 0.15) is 0 Å². The van der Waals surface area contributed by atoms with Crippen LogP contribution in [0.3, 0.4) is 0 Å². The maximum absolute atomic E-state index is 11.3. The lowest BCUT2D eigenvalue weighted by molar-refractivity contribution is -0.151. The lowest BCUT2D eigenvalue weighted by atomic mass is 9.73. The molecule has 4 nitrogen and oxygen atoms in total. The third-order valence-electron chi connectivity index (χ3n) is 4.37. The Labute approximate surface area is 103 Å². The van der Waals surface area contributed by atoms with Crippen molar-refractivity contribution in [3.05, 3.63) is 0 Å². The summed E-state index contributed by atoms with van der Waals surface area (Å²) in [7, 11) is 0. The molecule has 17 heavy (non-hydrogen) atoms. The van der Waals surface area contributed by atoms with Crippen molar-refractivity contribution < 1.29 is 15.0 Å². The fraction of sp³-hybridized carbons (Fsp3) is 0.923. The number of nitrogens with one attached hydrogen (secondary N) is 1. The topological polar surface area (TPSA) is 69.6 Å².